The molecule has 6 heteroatoms. The van der Waals surface area contributed by atoms with Crippen LogP contribution in [-0.4, -0.2) is 28.6 Å². The van der Waals surface area contributed by atoms with Gasteiger partial charge in [0.05, 0.1) is 12.2 Å². The third-order valence-electron chi connectivity index (χ3n) is 3.40. The van der Waals surface area contributed by atoms with Crippen molar-refractivity contribution in [2.45, 2.75) is 0 Å². The number of nitrogens with one attached hydrogen (secondary N) is 3. The van der Waals surface area contributed by atoms with Crippen LogP contribution < -0.4 is 10.6 Å². The van der Waals surface area contributed by atoms with E-state index in [2.05, 4.69) is 20.8 Å². The van der Waals surface area contributed by atoms with E-state index in [9.17, 15) is 9.59 Å². The highest BCUT2D eigenvalue weighted by Crippen LogP contribution is 2.20. The van der Waals surface area contributed by atoms with Crippen molar-refractivity contribution in [2.75, 3.05) is 11.9 Å². The molecule has 24 heavy (non-hydrogen) atoms. The molecule has 120 valence electrons. The van der Waals surface area contributed by atoms with E-state index in [4.69, 9.17) is 0 Å². The summed E-state index contributed by atoms with van der Waals surface area (Å²) in [6, 6.07) is 18.0. The van der Waals surface area contributed by atoms with Gasteiger partial charge in [0, 0.05) is 23.0 Å². The van der Waals surface area contributed by atoms with Crippen LogP contribution in [0.5, 0.6) is 0 Å². The number of hydrogen-bond acceptors (Lipinski definition) is 3. The monoisotopic (exact) mass is 320 g/mol. The Balaban J connectivity index is 1.57. The number of anilines is 1. The van der Waals surface area contributed by atoms with Crippen molar-refractivity contribution in [3.05, 3.63) is 72.4 Å². The number of benzene rings is 2. The Morgan fingerprint density at radius 1 is 1.00 bits per heavy atom. The summed E-state index contributed by atoms with van der Waals surface area (Å²) in [5.41, 5.74) is 2.95. The molecule has 6 nitrogen and oxygen atoms in total. The average Bonchev–Trinajstić information content (AvgIpc) is 3.15. The Kier molecular flexibility index (Phi) is 4.67. The number of nitrogens with zero attached hydrogens (tertiary/aromatic N) is 1. The first-order valence-electron chi connectivity index (χ1n) is 7.45. The maximum atomic E-state index is 12.0. The molecule has 0 saturated carbocycles. The number of H-pyrrole nitrogens is 1. The standard InChI is InChI=1S/C18H16N4O2/c23-17(12-19-18(24)13-5-2-1-3-6-13)21-15-8-4-7-14(11-15)16-9-10-20-22-16/h1-11H,12H2,(H,19,24)(H,20,22)(H,21,23). The summed E-state index contributed by atoms with van der Waals surface area (Å²) in [6.07, 6.45) is 1.67. The second-order valence-electron chi connectivity index (χ2n) is 5.15. The fraction of sp³-hybridized carbons (Fsp3) is 0.0556. The Morgan fingerprint density at radius 3 is 2.58 bits per heavy atom. The molecule has 0 radical (unpaired) electrons. The van der Waals surface area contributed by atoms with Gasteiger partial charge < -0.3 is 10.6 Å². The molecule has 1 aromatic heterocycles. The van der Waals surface area contributed by atoms with Crippen LogP contribution in [0.4, 0.5) is 5.69 Å². The van der Waals surface area contributed by atoms with Crippen molar-refractivity contribution in [3.63, 3.8) is 0 Å². The minimum atomic E-state index is -0.291. The van der Waals surface area contributed by atoms with Crippen LogP contribution >= 0.6 is 0 Å². The van der Waals surface area contributed by atoms with Crippen molar-refractivity contribution in [3.8, 4) is 11.3 Å². The van der Waals surface area contributed by atoms with E-state index in [1.54, 1.807) is 36.5 Å². The van der Waals surface area contributed by atoms with Crippen molar-refractivity contribution in [2.24, 2.45) is 0 Å². The van der Waals surface area contributed by atoms with Crippen molar-refractivity contribution < 1.29 is 9.59 Å². The number of rotatable bonds is 5. The van der Waals surface area contributed by atoms with E-state index in [1.807, 2.05) is 30.3 Å². The molecule has 0 aliphatic heterocycles. The maximum Gasteiger partial charge on any atom is 0.251 e. The molecule has 2 aromatic carbocycles. The lowest BCUT2D eigenvalue weighted by Crippen LogP contribution is -2.32. The minimum Gasteiger partial charge on any atom is -0.343 e. The van der Waals surface area contributed by atoms with Crippen LogP contribution in [0.3, 0.4) is 0 Å². The molecule has 3 rings (SSSR count). The summed E-state index contributed by atoms with van der Waals surface area (Å²) in [7, 11) is 0. The number of aromatic amines is 1. The van der Waals surface area contributed by atoms with Gasteiger partial charge in [0.1, 0.15) is 0 Å². The molecule has 2 amide bonds. The van der Waals surface area contributed by atoms with E-state index in [0.29, 0.717) is 11.3 Å². The van der Waals surface area contributed by atoms with Gasteiger partial charge in [0.25, 0.3) is 5.91 Å². The van der Waals surface area contributed by atoms with Crippen LogP contribution in [0.15, 0.2) is 66.9 Å². The zero-order valence-corrected chi connectivity index (χ0v) is 12.8. The molecule has 0 saturated heterocycles. The molecule has 0 atom stereocenters. The van der Waals surface area contributed by atoms with E-state index in [0.717, 1.165) is 11.3 Å². The summed E-state index contributed by atoms with van der Waals surface area (Å²) in [6.45, 7) is -0.0952. The molecule has 3 N–H and O–H groups in total. The maximum absolute atomic E-state index is 12.0. The van der Waals surface area contributed by atoms with Gasteiger partial charge in [-0.3, -0.25) is 14.7 Å². The fourth-order valence-corrected chi connectivity index (χ4v) is 2.24. The third kappa shape index (κ3) is 3.86. The molecule has 0 bridgehead atoms. The van der Waals surface area contributed by atoms with Gasteiger partial charge in [-0.25, -0.2) is 0 Å². The normalized spacial score (nSPS) is 10.2. The van der Waals surface area contributed by atoms with Crippen LogP contribution in [0.2, 0.25) is 0 Å². The first kappa shape index (κ1) is 15.5. The van der Waals surface area contributed by atoms with Crippen molar-refractivity contribution in [1.29, 1.82) is 0 Å². The van der Waals surface area contributed by atoms with Gasteiger partial charge >= 0.3 is 0 Å². The summed E-state index contributed by atoms with van der Waals surface area (Å²) in [5, 5.41) is 12.1. The zero-order chi connectivity index (χ0) is 16.8. The SMILES string of the molecule is O=C(CNC(=O)c1ccccc1)Nc1cccc(-c2ccn[nH]2)c1. The quantitative estimate of drug-likeness (QED) is 0.675. The third-order valence-corrected chi connectivity index (χ3v) is 3.40. The van der Waals surface area contributed by atoms with Crippen LogP contribution in [0, 0.1) is 0 Å². The Morgan fingerprint density at radius 2 is 1.83 bits per heavy atom. The highest BCUT2D eigenvalue weighted by molar-refractivity contribution is 5.99. The predicted molar refractivity (Wildman–Crippen MR) is 91.4 cm³/mol. The topological polar surface area (TPSA) is 86.9 Å². The van der Waals surface area contributed by atoms with Crippen molar-refractivity contribution in [1.82, 2.24) is 15.5 Å². The highest BCUT2D eigenvalue weighted by atomic mass is 16.2. The smallest absolute Gasteiger partial charge is 0.251 e. The lowest BCUT2D eigenvalue weighted by molar-refractivity contribution is -0.115. The van der Waals surface area contributed by atoms with Gasteiger partial charge in [0.2, 0.25) is 5.91 Å². The van der Waals surface area contributed by atoms with E-state index < -0.39 is 0 Å². The van der Waals surface area contributed by atoms with Gasteiger partial charge in [-0.1, -0.05) is 30.3 Å². The predicted octanol–water partition coefficient (Wildman–Crippen LogP) is 2.45. The number of hydrogen-bond donors (Lipinski definition) is 3. The Hall–Kier alpha value is -3.41. The minimum absolute atomic E-state index is 0.0952. The molecule has 0 aliphatic carbocycles. The lowest BCUT2D eigenvalue weighted by Gasteiger charge is -2.08. The molecule has 0 unspecified atom stereocenters. The Labute approximate surface area is 138 Å². The van der Waals surface area contributed by atoms with Crippen LogP contribution in [-0.2, 0) is 4.79 Å². The lowest BCUT2D eigenvalue weighted by atomic mass is 10.1. The molecule has 0 aliphatic rings. The summed E-state index contributed by atoms with van der Waals surface area (Å²) < 4.78 is 0. The molecular weight excluding hydrogens is 304 g/mol. The molecule has 1 heterocycles. The fourth-order valence-electron chi connectivity index (χ4n) is 2.24. The molecule has 0 fully saturated rings. The Bertz CT molecular complexity index is 829. The number of carbonyl (C=O) groups is 2. The molecule has 0 spiro atoms. The van der Waals surface area contributed by atoms with Crippen LogP contribution in [0.1, 0.15) is 10.4 Å². The van der Waals surface area contributed by atoms with E-state index >= 15 is 0 Å². The number of amides is 2. The largest absolute Gasteiger partial charge is 0.343 e. The van der Waals surface area contributed by atoms with E-state index in [1.165, 1.54) is 0 Å². The van der Waals surface area contributed by atoms with Gasteiger partial charge in [-0.2, -0.15) is 5.10 Å². The highest BCUT2D eigenvalue weighted by Gasteiger charge is 2.08. The van der Waals surface area contributed by atoms with Gasteiger partial charge in [-0.05, 0) is 30.3 Å². The van der Waals surface area contributed by atoms with E-state index in [-0.39, 0.29) is 18.4 Å². The summed E-state index contributed by atoms with van der Waals surface area (Å²) in [4.78, 5) is 23.9. The van der Waals surface area contributed by atoms with Gasteiger partial charge in [-0.15, -0.1) is 0 Å². The number of carbonyl (C=O) groups excluding carboxylic acids is 2. The average molecular weight is 320 g/mol. The van der Waals surface area contributed by atoms with Gasteiger partial charge in [0.15, 0.2) is 0 Å². The first-order chi connectivity index (χ1) is 11.7. The van der Waals surface area contributed by atoms with Crippen molar-refractivity contribution >= 4 is 17.5 Å². The second kappa shape index (κ2) is 7.23. The zero-order valence-electron chi connectivity index (χ0n) is 12.8. The van der Waals surface area contributed by atoms with Crippen LogP contribution in [0.25, 0.3) is 11.3 Å². The number of aromatic nitrogens is 2. The summed E-state index contributed by atoms with van der Waals surface area (Å²) >= 11 is 0. The molecular formula is C18H16N4O2. The summed E-state index contributed by atoms with van der Waals surface area (Å²) in [5.74, 6) is -0.571. The molecule has 3 aromatic rings. The second-order valence-corrected chi connectivity index (χ2v) is 5.15. The first-order valence-corrected chi connectivity index (χ1v) is 7.45.